The van der Waals surface area contributed by atoms with Crippen molar-refractivity contribution in [2.24, 2.45) is 10.8 Å². The predicted molar refractivity (Wildman–Crippen MR) is 167 cm³/mol. The molecule has 0 saturated heterocycles. The fourth-order valence-corrected chi connectivity index (χ4v) is 6.56. The zero-order valence-corrected chi connectivity index (χ0v) is 27.5. The van der Waals surface area contributed by atoms with Crippen LogP contribution in [0.2, 0.25) is 5.02 Å². The number of hydrogen-bond donors (Lipinski definition) is 1. The lowest BCUT2D eigenvalue weighted by molar-refractivity contribution is -0.161. The quantitative estimate of drug-likeness (QED) is 0.0975. The number of hydrogen-bond acceptors (Lipinski definition) is 7. The van der Waals surface area contributed by atoms with Gasteiger partial charge in [-0.1, -0.05) is 17.7 Å². The number of carbonyl (C=O) groups is 2. The zero-order valence-electron chi connectivity index (χ0n) is 25.0. The zero-order chi connectivity index (χ0) is 32.9. The molecule has 3 rings (SSSR count). The van der Waals surface area contributed by atoms with Gasteiger partial charge in [-0.3, -0.25) is 9.59 Å². The highest BCUT2D eigenvalue weighted by Gasteiger charge is 2.51. The second-order valence-corrected chi connectivity index (χ2v) is 15.2. The first kappa shape index (κ1) is 35.3. The molecule has 14 heteroatoms. The van der Waals surface area contributed by atoms with Gasteiger partial charge in [0.05, 0.1) is 5.41 Å². The van der Waals surface area contributed by atoms with Gasteiger partial charge in [0, 0.05) is 21.5 Å². The molecule has 44 heavy (non-hydrogen) atoms. The van der Waals surface area contributed by atoms with Crippen LogP contribution in [0.3, 0.4) is 0 Å². The van der Waals surface area contributed by atoms with E-state index in [0.717, 1.165) is 16.8 Å². The van der Waals surface area contributed by atoms with Crippen LogP contribution in [0.5, 0.6) is 0 Å². The Kier molecular flexibility index (Phi) is 11.5. The van der Waals surface area contributed by atoms with Crippen LogP contribution in [0, 0.1) is 22.5 Å². The van der Waals surface area contributed by atoms with Gasteiger partial charge in [-0.15, -0.1) is 11.3 Å². The van der Waals surface area contributed by atoms with Gasteiger partial charge in [0.25, 0.3) is 0 Å². The van der Waals surface area contributed by atoms with E-state index in [1.54, 1.807) is 65.1 Å². The van der Waals surface area contributed by atoms with Crippen molar-refractivity contribution in [1.82, 2.24) is 5.32 Å². The van der Waals surface area contributed by atoms with E-state index in [1.807, 2.05) is 0 Å². The van der Waals surface area contributed by atoms with E-state index in [-0.39, 0.29) is 11.1 Å². The molecule has 1 aromatic heterocycles. The van der Waals surface area contributed by atoms with Crippen LogP contribution in [0.15, 0.2) is 48.0 Å². The third-order valence-corrected chi connectivity index (χ3v) is 9.38. The molecule has 1 heterocycles. The van der Waals surface area contributed by atoms with Crippen LogP contribution in [0.1, 0.15) is 58.3 Å². The minimum Gasteiger partial charge on any atom is -0.437 e. The Morgan fingerprint density at radius 2 is 1.77 bits per heavy atom. The van der Waals surface area contributed by atoms with Crippen molar-refractivity contribution >= 4 is 64.5 Å². The standard InChI is InChI=1S/C30H33ClF2NO8PS/c1-29(2,3)27(36)39-16-41-43(38,42-17-40-28(37)30(4,5)6)25(21-15-44-24-10-8-19(31)14-20(21)24)26(35)34-12-11-18-7-9-22(32)23(33)13-18/h7-15,25H,16-17H2,1-6H3,(H,34,35)/p+2/b12-11+. The molecule has 3 N–H and O–H groups in total. The number of halogens is 3. The van der Waals surface area contributed by atoms with Gasteiger partial charge in [0.2, 0.25) is 18.4 Å². The molecule has 0 aliphatic heterocycles. The van der Waals surface area contributed by atoms with E-state index < -0.39 is 67.2 Å². The predicted octanol–water partition coefficient (Wildman–Crippen LogP) is 7.47. The third-order valence-electron chi connectivity index (χ3n) is 6.02. The number of nitrogens with one attached hydrogen (secondary N) is 1. The van der Waals surface area contributed by atoms with E-state index in [4.69, 9.17) is 25.6 Å². The van der Waals surface area contributed by atoms with Crippen molar-refractivity contribution in [1.29, 1.82) is 0 Å². The summed E-state index contributed by atoms with van der Waals surface area (Å²) in [6, 6.07) is 8.17. The Hall–Kier alpha value is -3.15. The number of benzene rings is 2. The summed E-state index contributed by atoms with van der Waals surface area (Å²) in [6.45, 7) is 8.44. The highest BCUT2D eigenvalue weighted by molar-refractivity contribution is 7.54. The summed E-state index contributed by atoms with van der Waals surface area (Å²) in [5.74, 6) is -3.99. The Bertz CT molecular complexity index is 1580. The van der Waals surface area contributed by atoms with Crippen LogP contribution in [-0.4, -0.2) is 40.7 Å². The molecule has 9 nitrogen and oxygen atoms in total. The van der Waals surface area contributed by atoms with E-state index in [2.05, 4.69) is 9.84 Å². The molecule has 0 bridgehead atoms. The number of esters is 2. The van der Waals surface area contributed by atoms with E-state index in [1.165, 1.54) is 29.7 Å². The summed E-state index contributed by atoms with van der Waals surface area (Å²) in [5.41, 5.74) is -2.80. The molecule has 0 spiro atoms. The number of carbonyl (C=O) groups excluding carboxylic acids is 3. The van der Waals surface area contributed by atoms with Gasteiger partial charge < -0.3 is 19.4 Å². The number of amides is 1. The molecule has 2 aromatic carbocycles. The minimum atomic E-state index is -4.53. The molecular weight excluding hydrogens is 639 g/mol. The van der Waals surface area contributed by atoms with Crippen LogP contribution in [0.25, 0.3) is 16.2 Å². The van der Waals surface area contributed by atoms with E-state index >= 15 is 0 Å². The maximum atomic E-state index is 14.6. The summed E-state index contributed by atoms with van der Waals surface area (Å²) in [5, 5.41) is 4.97. The van der Waals surface area contributed by atoms with Gasteiger partial charge in [-0.2, -0.15) is 0 Å². The molecule has 2 atom stereocenters. The monoisotopic (exact) mass is 673 g/mol. The maximum absolute atomic E-state index is 14.6. The SMILES string of the molecule is CC(C)(C)C(=O)OCOP(=O)([OH+]COC(=[OH+])C(C)(C)C)C(C(=O)N/C=C/c1ccc(F)c(F)c1)c1csc2ccc(Cl)cc12. The molecular formula is C30H35ClF2NO8PS+2. The molecule has 0 radical (unpaired) electrons. The molecule has 0 aliphatic carbocycles. The fourth-order valence-electron chi connectivity index (χ4n) is 3.57. The lowest BCUT2D eigenvalue weighted by atomic mass is 9.98. The van der Waals surface area contributed by atoms with Crippen LogP contribution >= 0.6 is 30.5 Å². The van der Waals surface area contributed by atoms with Crippen LogP contribution in [-0.2, 0) is 28.2 Å². The number of ether oxygens (including phenoxy) is 2. The van der Waals surface area contributed by atoms with E-state index in [9.17, 15) is 27.7 Å². The third kappa shape index (κ3) is 9.18. The first-order chi connectivity index (χ1) is 20.4. The minimum absolute atomic E-state index is 0.244. The molecule has 0 saturated carbocycles. The first-order valence-corrected chi connectivity index (χ1v) is 16.2. The molecule has 2 unspecified atom stereocenters. The van der Waals surface area contributed by atoms with Crippen LogP contribution < -0.4 is 5.32 Å². The Balaban J connectivity index is 2.02. The normalized spacial score (nSPS) is 14.3. The van der Waals surface area contributed by atoms with Crippen molar-refractivity contribution in [2.45, 2.75) is 47.2 Å². The highest BCUT2D eigenvalue weighted by atomic mass is 35.5. The van der Waals surface area contributed by atoms with E-state index in [0.29, 0.717) is 10.4 Å². The van der Waals surface area contributed by atoms with Crippen LogP contribution in [0.4, 0.5) is 8.78 Å². The van der Waals surface area contributed by atoms with Gasteiger partial charge in [-0.25, -0.2) is 22.6 Å². The average Bonchev–Trinajstić information content (AvgIpc) is 3.32. The molecule has 238 valence electrons. The second-order valence-electron chi connectivity index (χ2n) is 11.7. The average molecular weight is 674 g/mol. The molecule has 0 aliphatic rings. The summed E-state index contributed by atoms with van der Waals surface area (Å²) in [6.07, 6.45) is 2.48. The lowest BCUT2D eigenvalue weighted by Crippen LogP contribution is -2.30. The van der Waals surface area contributed by atoms with Gasteiger partial charge in [-0.05, 0) is 94.3 Å². The largest absolute Gasteiger partial charge is 0.498 e. The number of thiophene rings is 1. The summed E-state index contributed by atoms with van der Waals surface area (Å²) < 4.78 is 62.5. The fraction of sp³-hybridized carbons (Fsp3) is 0.367. The maximum Gasteiger partial charge on any atom is 0.498 e. The molecule has 1 amide bonds. The van der Waals surface area contributed by atoms with Gasteiger partial charge in [0.1, 0.15) is 5.41 Å². The Morgan fingerprint density at radius 1 is 1.07 bits per heavy atom. The van der Waals surface area contributed by atoms with Crippen molar-refractivity contribution < 1.29 is 46.3 Å². The van der Waals surface area contributed by atoms with Gasteiger partial charge in [0.15, 0.2) is 11.6 Å². The van der Waals surface area contributed by atoms with Crippen molar-refractivity contribution in [3.8, 4) is 0 Å². The second kappa shape index (κ2) is 14.3. The number of fused-ring (bicyclic) bond motifs is 1. The molecule has 0 fully saturated rings. The smallest absolute Gasteiger partial charge is 0.437 e. The lowest BCUT2D eigenvalue weighted by Gasteiger charge is -2.22. The summed E-state index contributed by atoms with van der Waals surface area (Å²) in [7, 11) is -4.53. The Morgan fingerprint density at radius 3 is 2.41 bits per heavy atom. The van der Waals surface area contributed by atoms with Gasteiger partial charge >= 0.3 is 26.3 Å². The van der Waals surface area contributed by atoms with Crippen molar-refractivity contribution in [2.75, 3.05) is 13.6 Å². The highest BCUT2D eigenvalue weighted by Crippen LogP contribution is 2.61. The topological polar surface area (TPSA) is 125 Å². The first-order valence-electron chi connectivity index (χ1n) is 13.3. The molecule has 3 aromatic rings. The van der Waals surface area contributed by atoms with Crippen molar-refractivity contribution in [3.05, 3.63) is 75.8 Å². The van der Waals surface area contributed by atoms with Crippen molar-refractivity contribution in [3.63, 3.8) is 0 Å². The number of rotatable bonds is 11. The number of aliphatic hydroxyl groups is 1. The summed E-state index contributed by atoms with van der Waals surface area (Å²) in [4.78, 5) is 36.5. The summed E-state index contributed by atoms with van der Waals surface area (Å²) >= 11 is 7.51. The Labute approximate surface area is 263 Å².